The Hall–Kier alpha value is -4.28. The van der Waals surface area contributed by atoms with Gasteiger partial charge in [0.1, 0.15) is 6.33 Å². The topological polar surface area (TPSA) is 148 Å². The monoisotopic (exact) mass is 367 g/mol. The summed E-state index contributed by atoms with van der Waals surface area (Å²) in [4.78, 5) is 28.9. The standard InChI is InChI=1S/C16H13N7O4/c24-22(25)13-8-6-12(7-9-13)20-21-16-14(23(26)27)15(17-10-18-16)19-11-4-2-1-3-5-11/h1-10,20H,(H2,17,18,19,21). The van der Waals surface area contributed by atoms with Gasteiger partial charge in [-0.2, -0.15) is 0 Å². The van der Waals surface area contributed by atoms with E-state index in [-0.39, 0.29) is 23.0 Å². The van der Waals surface area contributed by atoms with Crippen LogP contribution in [0.5, 0.6) is 0 Å². The average molecular weight is 367 g/mol. The molecule has 0 spiro atoms. The lowest BCUT2D eigenvalue weighted by atomic mass is 10.3. The molecule has 0 bridgehead atoms. The van der Waals surface area contributed by atoms with Gasteiger partial charge in [0.15, 0.2) is 0 Å². The van der Waals surface area contributed by atoms with Crippen molar-refractivity contribution >= 4 is 34.4 Å². The van der Waals surface area contributed by atoms with Gasteiger partial charge in [0.2, 0.25) is 11.6 Å². The zero-order chi connectivity index (χ0) is 19.2. The zero-order valence-corrected chi connectivity index (χ0v) is 13.7. The van der Waals surface area contributed by atoms with E-state index in [1.807, 2.05) is 6.07 Å². The van der Waals surface area contributed by atoms with Crippen LogP contribution in [0.25, 0.3) is 0 Å². The molecule has 11 nitrogen and oxygen atoms in total. The molecule has 0 aliphatic heterocycles. The molecule has 0 saturated heterocycles. The smallest absolute Gasteiger partial charge is 0.334 e. The number of nitro benzene ring substituents is 1. The van der Waals surface area contributed by atoms with Gasteiger partial charge in [-0.1, -0.05) is 18.2 Å². The summed E-state index contributed by atoms with van der Waals surface area (Å²) in [7, 11) is 0. The molecule has 2 aromatic carbocycles. The number of rotatable bonds is 7. The normalized spacial score (nSPS) is 10.1. The molecule has 0 aliphatic rings. The van der Waals surface area contributed by atoms with Gasteiger partial charge in [-0.25, -0.2) is 9.97 Å². The lowest BCUT2D eigenvalue weighted by Gasteiger charge is -2.11. The highest BCUT2D eigenvalue weighted by Gasteiger charge is 2.23. The second-order valence-electron chi connectivity index (χ2n) is 5.22. The molecule has 0 amide bonds. The lowest BCUT2D eigenvalue weighted by Crippen LogP contribution is -2.13. The number of aromatic nitrogens is 2. The maximum absolute atomic E-state index is 11.5. The summed E-state index contributed by atoms with van der Waals surface area (Å²) in [6.45, 7) is 0. The summed E-state index contributed by atoms with van der Waals surface area (Å²) < 4.78 is 0. The number of anilines is 4. The van der Waals surface area contributed by atoms with E-state index in [1.54, 1.807) is 24.3 Å². The van der Waals surface area contributed by atoms with E-state index in [4.69, 9.17) is 0 Å². The molecule has 3 N–H and O–H groups in total. The first-order chi connectivity index (χ1) is 13.0. The van der Waals surface area contributed by atoms with Crippen molar-refractivity contribution in [1.29, 1.82) is 0 Å². The minimum atomic E-state index is -0.606. The molecule has 0 aliphatic carbocycles. The quantitative estimate of drug-likeness (QED) is 0.421. The molecular weight excluding hydrogens is 354 g/mol. The highest BCUT2D eigenvalue weighted by atomic mass is 16.6. The molecule has 0 saturated carbocycles. The van der Waals surface area contributed by atoms with Gasteiger partial charge in [-0.15, -0.1) is 0 Å². The summed E-state index contributed by atoms with van der Waals surface area (Å²) in [5, 5.41) is 25.1. The molecule has 0 atom stereocenters. The van der Waals surface area contributed by atoms with Crippen molar-refractivity contribution in [2.45, 2.75) is 0 Å². The van der Waals surface area contributed by atoms with Crippen molar-refractivity contribution in [3.63, 3.8) is 0 Å². The van der Waals surface area contributed by atoms with Gasteiger partial charge in [0.05, 0.1) is 15.5 Å². The van der Waals surface area contributed by atoms with Crippen LogP contribution < -0.4 is 16.2 Å². The second kappa shape index (κ2) is 7.74. The number of hydrogen-bond donors (Lipinski definition) is 3. The van der Waals surface area contributed by atoms with Crippen LogP contribution in [0, 0.1) is 20.2 Å². The Morgan fingerprint density at radius 1 is 0.741 bits per heavy atom. The number of nitro groups is 2. The fourth-order valence-electron chi connectivity index (χ4n) is 2.19. The van der Waals surface area contributed by atoms with Crippen molar-refractivity contribution in [3.05, 3.63) is 81.2 Å². The van der Waals surface area contributed by atoms with Crippen molar-refractivity contribution in [3.8, 4) is 0 Å². The number of para-hydroxylation sites is 1. The SMILES string of the molecule is O=[N+]([O-])c1ccc(NNc2ncnc(Nc3ccccc3)c2[N+](=O)[O-])cc1. The molecule has 27 heavy (non-hydrogen) atoms. The number of hydrogen-bond acceptors (Lipinski definition) is 9. The molecule has 136 valence electrons. The summed E-state index contributed by atoms with van der Waals surface area (Å²) in [5.74, 6) is -0.0408. The molecular formula is C16H13N7O4. The Morgan fingerprint density at radius 3 is 2.04 bits per heavy atom. The van der Waals surface area contributed by atoms with Gasteiger partial charge in [0.25, 0.3) is 5.69 Å². The van der Waals surface area contributed by atoms with E-state index in [1.165, 1.54) is 30.6 Å². The van der Waals surface area contributed by atoms with E-state index in [2.05, 4.69) is 26.1 Å². The molecule has 3 rings (SSSR count). The molecule has 0 radical (unpaired) electrons. The first kappa shape index (κ1) is 17.5. The number of hydrazine groups is 1. The van der Waals surface area contributed by atoms with E-state index in [0.29, 0.717) is 11.4 Å². The largest absolute Gasteiger partial charge is 0.355 e. The molecule has 11 heteroatoms. The Kier molecular flexibility index (Phi) is 5.03. The third-order valence-corrected chi connectivity index (χ3v) is 3.44. The Bertz CT molecular complexity index is 964. The summed E-state index contributed by atoms with van der Waals surface area (Å²) >= 11 is 0. The minimum absolute atomic E-state index is 0.0224. The van der Waals surface area contributed by atoms with Gasteiger partial charge in [-0.05, 0) is 24.3 Å². The van der Waals surface area contributed by atoms with Crippen molar-refractivity contribution in [1.82, 2.24) is 9.97 Å². The van der Waals surface area contributed by atoms with Gasteiger partial charge in [-0.3, -0.25) is 31.1 Å². The van der Waals surface area contributed by atoms with Crippen LogP contribution in [0.1, 0.15) is 0 Å². The molecule has 0 unspecified atom stereocenters. The third kappa shape index (κ3) is 4.22. The lowest BCUT2D eigenvalue weighted by molar-refractivity contribution is -0.384. The van der Waals surface area contributed by atoms with E-state index in [0.717, 1.165) is 0 Å². The maximum Gasteiger partial charge on any atom is 0.355 e. The van der Waals surface area contributed by atoms with Crippen LogP contribution in [-0.4, -0.2) is 19.8 Å². The summed E-state index contributed by atoms with van der Waals surface area (Å²) in [6.07, 6.45) is 1.18. The van der Waals surface area contributed by atoms with Crippen molar-refractivity contribution < 1.29 is 9.85 Å². The summed E-state index contributed by atoms with van der Waals surface area (Å²) in [5.41, 5.74) is 6.03. The van der Waals surface area contributed by atoms with Crippen LogP contribution in [0.3, 0.4) is 0 Å². The first-order valence-corrected chi connectivity index (χ1v) is 7.62. The van der Waals surface area contributed by atoms with Crippen molar-refractivity contribution in [2.75, 3.05) is 16.2 Å². The van der Waals surface area contributed by atoms with Gasteiger partial charge in [0, 0.05) is 17.8 Å². The van der Waals surface area contributed by atoms with E-state index >= 15 is 0 Å². The molecule has 0 fully saturated rings. The molecule has 1 aromatic heterocycles. The number of benzene rings is 2. The fraction of sp³-hybridized carbons (Fsp3) is 0. The number of nitrogens with zero attached hydrogens (tertiary/aromatic N) is 4. The number of non-ortho nitro benzene ring substituents is 1. The predicted octanol–water partition coefficient (Wildman–Crippen LogP) is 3.48. The fourth-order valence-corrected chi connectivity index (χ4v) is 2.19. The van der Waals surface area contributed by atoms with Crippen LogP contribution in [0.15, 0.2) is 60.9 Å². The van der Waals surface area contributed by atoms with Crippen LogP contribution >= 0.6 is 0 Å². The van der Waals surface area contributed by atoms with Crippen LogP contribution in [-0.2, 0) is 0 Å². The maximum atomic E-state index is 11.5. The third-order valence-electron chi connectivity index (χ3n) is 3.44. The second-order valence-corrected chi connectivity index (χ2v) is 5.22. The molecule has 1 heterocycles. The minimum Gasteiger partial charge on any atom is -0.334 e. The molecule has 3 aromatic rings. The van der Waals surface area contributed by atoms with Crippen LogP contribution in [0.4, 0.5) is 34.4 Å². The Morgan fingerprint density at radius 2 is 1.41 bits per heavy atom. The first-order valence-electron chi connectivity index (χ1n) is 7.62. The number of nitrogens with one attached hydrogen (secondary N) is 3. The van der Waals surface area contributed by atoms with E-state index < -0.39 is 9.85 Å². The Labute approximate surface area is 152 Å². The van der Waals surface area contributed by atoms with Crippen molar-refractivity contribution in [2.24, 2.45) is 0 Å². The van der Waals surface area contributed by atoms with Crippen LogP contribution in [0.2, 0.25) is 0 Å². The van der Waals surface area contributed by atoms with Gasteiger partial charge >= 0.3 is 5.69 Å². The zero-order valence-electron chi connectivity index (χ0n) is 13.7. The highest BCUT2D eigenvalue weighted by Crippen LogP contribution is 2.31. The predicted molar refractivity (Wildman–Crippen MR) is 98.8 cm³/mol. The highest BCUT2D eigenvalue weighted by molar-refractivity contribution is 5.74. The summed E-state index contributed by atoms with van der Waals surface area (Å²) in [6, 6.07) is 14.4. The van der Waals surface area contributed by atoms with E-state index in [9.17, 15) is 20.2 Å². The Balaban J connectivity index is 1.81. The van der Waals surface area contributed by atoms with Gasteiger partial charge < -0.3 is 5.32 Å². The average Bonchev–Trinajstić information content (AvgIpc) is 2.67.